The van der Waals surface area contributed by atoms with Gasteiger partial charge in [-0.25, -0.2) is 0 Å². The van der Waals surface area contributed by atoms with Crippen molar-refractivity contribution < 1.29 is 9.32 Å². The fourth-order valence-corrected chi connectivity index (χ4v) is 3.76. The van der Waals surface area contributed by atoms with Gasteiger partial charge in [0.05, 0.1) is 12.5 Å². The van der Waals surface area contributed by atoms with E-state index in [0.29, 0.717) is 18.3 Å². The predicted molar refractivity (Wildman–Crippen MR) is 96.0 cm³/mol. The molecule has 2 aliphatic rings. The number of rotatable bonds is 3. The van der Waals surface area contributed by atoms with Crippen LogP contribution in [0, 0.1) is 5.92 Å². The fourth-order valence-electron chi connectivity index (χ4n) is 3.76. The topological polar surface area (TPSA) is 62.5 Å². The molecule has 3 heterocycles. The van der Waals surface area contributed by atoms with Gasteiger partial charge in [0.15, 0.2) is 5.82 Å². The summed E-state index contributed by atoms with van der Waals surface area (Å²) in [7, 11) is 0. The second-order valence-electron chi connectivity index (χ2n) is 8.58. The first-order chi connectivity index (χ1) is 11.9. The van der Waals surface area contributed by atoms with Gasteiger partial charge in [-0.3, -0.25) is 9.69 Å². The van der Waals surface area contributed by atoms with Crippen molar-refractivity contribution in [3.05, 3.63) is 11.7 Å². The number of likely N-dealkylation sites (tertiary alicyclic amines) is 2. The van der Waals surface area contributed by atoms with Crippen LogP contribution in [-0.4, -0.2) is 52.0 Å². The summed E-state index contributed by atoms with van der Waals surface area (Å²) in [6.07, 6.45) is 6.88. The maximum atomic E-state index is 12.9. The largest absolute Gasteiger partial charge is 0.342 e. The van der Waals surface area contributed by atoms with Crippen LogP contribution in [0.3, 0.4) is 0 Å². The standard InChI is InChI=1S/C19H32N4O2/c1-19(2,3)18-20-16(25-21-18)14-22-10-8-9-15(13-22)17(24)23-11-6-4-5-7-12-23/h15H,4-14H2,1-3H3/t15-/m1/s1. The van der Waals surface area contributed by atoms with Crippen LogP contribution in [0.25, 0.3) is 0 Å². The maximum absolute atomic E-state index is 12.9. The van der Waals surface area contributed by atoms with Gasteiger partial charge in [0, 0.05) is 25.0 Å². The molecule has 6 heteroatoms. The van der Waals surface area contributed by atoms with E-state index in [-0.39, 0.29) is 11.3 Å². The lowest BCUT2D eigenvalue weighted by Crippen LogP contribution is -2.44. The van der Waals surface area contributed by atoms with Gasteiger partial charge in [-0.1, -0.05) is 38.8 Å². The monoisotopic (exact) mass is 348 g/mol. The highest BCUT2D eigenvalue weighted by atomic mass is 16.5. The molecule has 0 radical (unpaired) electrons. The lowest BCUT2D eigenvalue weighted by atomic mass is 9.96. The Hall–Kier alpha value is -1.43. The summed E-state index contributed by atoms with van der Waals surface area (Å²) in [6, 6.07) is 0. The van der Waals surface area contributed by atoms with Gasteiger partial charge >= 0.3 is 0 Å². The Labute approximate surface area is 150 Å². The van der Waals surface area contributed by atoms with Crippen molar-refractivity contribution in [1.82, 2.24) is 19.9 Å². The van der Waals surface area contributed by atoms with Crippen LogP contribution in [0.1, 0.15) is 71.0 Å². The van der Waals surface area contributed by atoms with E-state index in [9.17, 15) is 4.79 Å². The zero-order chi connectivity index (χ0) is 17.9. The average Bonchev–Trinajstić information content (AvgIpc) is 2.89. The van der Waals surface area contributed by atoms with Gasteiger partial charge in [0.25, 0.3) is 0 Å². The molecular weight excluding hydrogens is 316 g/mol. The quantitative estimate of drug-likeness (QED) is 0.840. The summed E-state index contributed by atoms with van der Waals surface area (Å²) >= 11 is 0. The van der Waals surface area contributed by atoms with Crippen LogP contribution in [-0.2, 0) is 16.8 Å². The van der Waals surface area contributed by atoms with Gasteiger partial charge in [0.1, 0.15) is 0 Å². The fraction of sp³-hybridized carbons (Fsp3) is 0.842. The van der Waals surface area contributed by atoms with Gasteiger partial charge in [-0.15, -0.1) is 0 Å². The highest BCUT2D eigenvalue weighted by Crippen LogP contribution is 2.23. The van der Waals surface area contributed by atoms with E-state index in [1.807, 2.05) is 0 Å². The molecule has 2 saturated heterocycles. The van der Waals surface area contributed by atoms with Gasteiger partial charge in [0.2, 0.25) is 11.8 Å². The number of hydrogen-bond acceptors (Lipinski definition) is 5. The van der Waals surface area contributed by atoms with Crippen molar-refractivity contribution in [3.63, 3.8) is 0 Å². The van der Waals surface area contributed by atoms with E-state index < -0.39 is 0 Å². The van der Waals surface area contributed by atoms with Crippen LogP contribution in [0.2, 0.25) is 0 Å². The van der Waals surface area contributed by atoms with Crippen LogP contribution < -0.4 is 0 Å². The number of carbonyl (C=O) groups is 1. The third-order valence-corrected chi connectivity index (χ3v) is 5.27. The Bertz CT molecular complexity index is 570. The summed E-state index contributed by atoms with van der Waals surface area (Å²) in [5, 5.41) is 4.10. The maximum Gasteiger partial charge on any atom is 0.240 e. The minimum atomic E-state index is -0.102. The number of carbonyl (C=O) groups excluding carboxylic acids is 1. The molecule has 25 heavy (non-hydrogen) atoms. The van der Waals surface area contributed by atoms with Crippen LogP contribution in [0.5, 0.6) is 0 Å². The molecule has 0 spiro atoms. The molecule has 6 nitrogen and oxygen atoms in total. The number of piperidine rings is 1. The van der Waals surface area contributed by atoms with Crippen molar-refractivity contribution in [2.45, 2.75) is 71.3 Å². The van der Waals surface area contributed by atoms with E-state index in [0.717, 1.165) is 57.7 Å². The molecule has 0 bridgehead atoms. The van der Waals surface area contributed by atoms with Crippen LogP contribution in [0.15, 0.2) is 4.52 Å². The van der Waals surface area contributed by atoms with Crippen LogP contribution >= 0.6 is 0 Å². The second-order valence-corrected chi connectivity index (χ2v) is 8.58. The minimum Gasteiger partial charge on any atom is -0.342 e. The molecule has 1 amide bonds. The van der Waals surface area contributed by atoms with Gasteiger partial charge in [-0.05, 0) is 32.2 Å². The van der Waals surface area contributed by atoms with E-state index in [1.54, 1.807) is 0 Å². The van der Waals surface area contributed by atoms with Gasteiger partial charge in [-0.2, -0.15) is 4.98 Å². The Kier molecular flexibility index (Phi) is 5.77. The van der Waals surface area contributed by atoms with Crippen molar-refractivity contribution >= 4 is 5.91 Å². The molecule has 0 saturated carbocycles. The predicted octanol–water partition coefficient (Wildman–Crippen LogP) is 2.98. The average molecular weight is 348 g/mol. The third kappa shape index (κ3) is 4.81. The zero-order valence-corrected chi connectivity index (χ0v) is 16.0. The smallest absolute Gasteiger partial charge is 0.240 e. The first-order valence-electron chi connectivity index (χ1n) is 9.78. The third-order valence-electron chi connectivity index (χ3n) is 5.27. The number of amides is 1. The molecule has 0 unspecified atom stereocenters. The molecule has 2 aliphatic heterocycles. The highest BCUT2D eigenvalue weighted by Gasteiger charge is 2.30. The lowest BCUT2D eigenvalue weighted by Gasteiger charge is -2.34. The van der Waals surface area contributed by atoms with Crippen molar-refractivity contribution in [2.24, 2.45) is 5.92 Å². The van der Waals surface area contributed by atoms with E-state index in [2.05, 4.69) is 40.7 Å². The first kappa shape index (κ1) is 18.4. The van der Waals surface area contributed by atoms with Crippen molar-refractivity contribution in [2.75, 3.05) is 26.2 Å². The first-order valence-corrected chi connectivity index (χ1v) is 9.78. The zero-order valence-electron chi connectivity index (χ0n) is 16.0. The minimum absolute atomic E-state index is 0.102. The SMILES string of the molecule is CC(C)(C)c1noc(CN2CCC[C@@H](C(=O)N3CCCCCC3)C2)n1. The van der Waals surface area contributed by atoms with Crippen molar-refractivity contribution in [1.29, 1.82) is 0 Å². The number of aromatic nitrogens is 2. The normalized spacial score (nSPS) is 23.5. The summed E-state index contributed by atoms with van der Waals surface area (Å²) in [5.74, 6) is 1.88. The molecule has 1 atom stereocenters. The summed E-state index contributed by atoms with van der Waals surface area (Å²) < 4.78 is 5.42. The number of hydrogen-bond donors (Lipinski definition) is 0. The molecule has 1 aromatic rings. The molecular formula is C19H32N4O2. The Morgan fingerprint density at radius 2 is 1.84 bits per heavy atom. The van der Waals surface area contributed by atoms with Crippen molar-refractivity contribution in [3.8, 4) is 0 Å². The highest BCUT2D eigenvalue weighted by molar-refractivity contribution is 5.79. The molecule has 0 aromatic carbocycles. The molecule has 0 N–H and O–H groups in total. The van der Waals surface area contributed by atoms with Crippen LogP contribution in [0.4, 0.5) is 0 Å². The Morgan fingerprint density at radius 1 is 1.12 bits per heavy atom. The summed E-state index contributed by atoms with van der Waals surface area (Å²) in [5.41, 5.74) is -0.102. The molecule has 140 valence electrons. The Morgan fingerprint density at radius 3 is 2.48 bits per heavy atom. The van der Waals surface area contributed by atoms with E-state index in [1.165, 1.54) is 12.8 Å². The molecule has 3 rings (SSSR count). The molecule has 2 fully saturated rings. The summed E-state index contributed by atoms with van der Waals surface area (Å²) in [6.45, 7) is 10.6. The lowest BCUT2D eigenvalue weighted by molar-refractivity contribution is -0.137. The van der Waals surface area contributed by atoms with E-state index >= 15 is 0 Å². The van der Waals surface area contributed by atoms with Gasteiger partial charge < -0.3 is 9.42 Å². The second kappa shape index (κ2) is 7.85. The molecule has 1 aromatic heterocycles. The Balaban J connectivity index is 1.57. The molecule has 0 aliphatic carbocycles. The summed E-state index contributed by atoms with van der Waals surface area (Å²) in [4.78, 5) is 21.8. The number of nitrogens with zero attached hydrogens (tertiary/aromatic N) is 4. The van der Waals surface area contributed by atoms with E-state index in [4.69, 9.17) is 4.52 Å².